The molecule has 9 heteroatoms. The van der Waals surface area contributed by atoms with Gasteiger partial charge in [-0.1, -0.05) is 5.16 Å². The van der Waals surface area contributed by atoms with Gasteiger partial charge >= 0.3 is 0 Å². The number of benzene rings is 1. The highest BCUT2D eigenvalue weighted by atomic mass is 16.6. The van der Waals surface area contributed by atoms with Crippen LogP contribution >= 0.6 is 0 Å². The standard InChI is InChI=1S/C10H9N5O4/c11-8-2-1-6(15(17)18)3-7(8)10(16)12-4-9-13-5-19-14-9/h1-3,5H,4,11H2,(H,12,16). The van der Waals surface area contributed by atoms with Crippen LogP contribution in [0.25, 0.3) is 0 Å². The van der Waals surface area contributed by atoms with Crippen LogP contribution in [0.5, 0.6) is 0 Å². The Balaban J connectivity index is 2.14. The van der Waals surface area contributed by atoms with Crippen LogP contribution in [0.1, 0.15) is 16.2 Å². The van der Waals surface area contributed by atoms with Gasteiger partial charge in [0.15, 0.2) is 5.82 Å². The summed E-state index contributed by atoms with van der Waals surface area (Å²) < 4.78 is 4.50. The maximum absolute atomic E-state index is 11.8. The van der Waals surface area contributed by atoms with Crippen molar-refractivity contribution in [3.63, 3.8) is 0 Å². The van der Waals surface area contributed by atoms with Crippen molar-refractivity contribution >= 4 is 17.3 Å². The second-order valence-corrected chi connectivity index (χ2v) is 3.56. The third kappa shape index (κ3) is 2.83. The molecule has 2 aromatic rings. The molecule has 1 aromatic heterocycles. The Bertz CT molecular complexity index is 610. The fraction of sp³-hybridized carbons (Fsp3) is 0.100. The Hall–Kier alpha value is -2.97. The number of hydrogen-bond acceptors (Lipinski definition) is 7. The highest BCUT2D eigenvalue weighted by Crippen LogP contribution is 2.19. The fourth-order valence-electron chi connectivity index (χ4n) is 1.38. The van der Waals surface area contributed by atoms with Gasteiger partial charge < -0.3 is 15.6 Å². The van der Waals surface area contributed by atoms with E-state index in [4.69, 9.17) is 5.73 Å². The molecular formula is C10H9N5O4. The average molecular weight is 263 g/mol. The molecule has 0 unspecified atom stereocenters. The predicted octanol–water partition coefficient (Wildman–Crippen LogP) is 0.490. The van der Waals surface area contributed by atoms with Crippen LogP contribution in [-0.2, 0) is 6.54 Å². The van der Waals surface area contributed by atoms with Crippen LogP contribution in [-0.4, -0.2) is 21.0 Å². The highest BCUT2D eigenvalue weighted by molar-refractivity contribution is 5.99. The van der Waals surface area contributed by atoms with E-state index in [1.165, 1.54) is 12.1 Å². The lowest BCUT2D eigenvalue weighted by atomic mass is 10.1. The third-order valence-corrected chi connectivity index (χ3v) is 2.31. The number of rotatable bonds is 4. The molecular weight excluding hydrogens is 254 g/mol. The molecule has 0 aliphatic rings. The summed E-state index contributed by atoms with van der Waals surface area (Å²) in [6.45, 7) is 0.0392. The van der Waals surface area contributed by atoms with Crippen molar-refractivity contribution in [3.8, 4) is 0 Å². The Labute approximate surface area is 106 Å². The number of nitro benzene ring substituents is 1. The van der Waals surface area contributed by atoms with E-state index in [9.17, 15) is 14.9 Å². The summed E-state index contributed by atoms with van der Waals surface area (Å²) >= 11 is 0. The topological polar surface area (TPSA) is 137 Å². The van der Waals surface area contributed by atoms with Crippen molar-refractivity contribution in [2.75, 3.05) is 5.73 Å². The summed E-state index contributed by atoms with van der Waals surface area (Å²) in [5.74, 6) is -0.261. The van der Waals surface area contributed by atoms with E-state index >= 15 is 0 Å². The van der Waals surface area contributed by atoms with Crippen LogP contribution in [0, 0.1) is 10.1 Å². The zero-order valence-electron chi connectivity index (χ0n) is 9.57. The van der Waals surface area contributed by atoms with Gasteiger partial charge in [-0.2, -0.15) is 4.98 Å². The van der Waals surface area contributed by atoms with Crippen molar-refractivity contribution in [1.82, 2.24) is 15.5 Å². The molecule has 0 fully saturated rings. The lowest BCUT2D eigenvalue weighted by molar-refractivity contribution is -0.384. The minimum atomic E-state index is -0.602. The maximum atomic E-state index is 11.8. The zero-order chi connectivity index (χ0) is 13.8. The van der Waals surface area contributed by atoms with Crippen LogP contribution in [0.2, 0.25) is 0 Å². The number of nitrogens with one attached hydrogen (secondary N) is 1. The van der Waals surface area contributed by atoms with Gasteiger partial charge in [0.1, 0.15) is 0 Å². The Morgan fingerprint density at radius 2 is 2.32 bits per heavy atom. The molecule has 2 rings (SSSR count). The maximum Gasteiger partial charge on any atom is 0.270 e. The first-order valence-electron chi connectivity index (χ1n) is 5.15. The van der Waals surface area contributed by atoms with Crippen LogP contribution in [0.4, 0.5) is 11.4 Å². The quantitative estimate of drug-likeness (QED) is 0.465. The molecule has 19 heavy (non-hydrogen) atoms. The SMILES string of the molecule is Nc1ccc([N+](=O)[O-])cc1C(=O)NCc1ncon1. The first-order chi connectivity index (χ1) is 9.08. The van der Waals surface area contributed by atoms with Crippen molar-refractivity contribution in [2.45, 2.75) is 6.54 Å². The molecule has 0 saturated heterocycles. The largest absolute Gasteiger partial charge is 0.398 e. The number of carbonyl (C=O) groups is 1. The van der Waals surface area contributed by atoms with E-state index < -0.39 is 10.8 Å². The first kappa shape index (κ1) is 12.5. The van der Waals surface area contributed by atoms with E-state index in [-0.39, 0.29) is 29.3 Å². The van der Waals surface area contributed by atoms with Crippen LogP contribution < -0.4 is 11.1 Å². The smallest absolute Gasteiger partial charge is 0.270 e. The molecule has 1 heterocycles. The monoisotopic (exact) mass is 263 g/mol. The number of nitrogens with zero attached hydrogens (tertiary/aromatic N) is 3. The van der Waals surface area contributed by atoms with E-state index in [2.05, 4.69) is 20.0 Å². The van der Waals surface area contributed by atoms with E-state index in [0.29, 0.717) is 0 Å². The second-order valence-electron chi connectivity index (χ2n) is 3.56. The first-order valence-corrected chi connectivity index (χ1v) is 5.15. The average Bonchev–Trinajstić information content (AvgIpc) is 2.89. The lowest BCUT2D eigenvalue weighted by Gasteiger charge is -2.05. The fourth-order valence-corrected chi connectivity index (χ4v) is 1.38. The highest BCUT2D eigenvalue weighted by Gasteiger charge is 2.15. The molecule has 1 aromatic carbocycles. The molecule has 0 bridgehead atoms. The molecule has 0 radical (unpaired) electrons. The van der Waals surface area contributed by atoms with E-state index in [1.807, 2.05) is 0 Å². The second kappa shape index (κ2) is 5.12. The van der Waals surface area contributed by atoms with Crippen molar-refractivity contribution in [3.05, 3.63) is 46.1 Å². The molecule has 1 amide bonds. The third-order valence-electron chi connectivity index (χ3n) is 2.31. The summed E-state index contributed by atoms with van der Waals surface area (Å²) in [5, 5.41) is 16.6. The Morgan fingerprint density at radius 1 is 1.53 bits per heavy atom. The summed E-state index contributed by atoms with van der Waals surface area (Å²) in [6, 6.07) is 3.65. The van der Waals surface area contributed by atoms with Gasteiger partial charge in [-0.25, -0.2) is 0 Å². The summed E-state index contributed by atoms with van der Waals surface area (Å²) in [4.78, 5) is 25.6. The summed E-state index contributed by atoms with van der Waals surface area (Å²) in [5.41, 5.74) is 5.57. The molecule has 0 aliphatic heterocycles. The van der Waals surface area contributed by atoms with Gasteiger partial charge in [-0.3, -0.25) is 14.9 Å². The molecule has 3 N–H and O–H groups in total. The van der Waals surface area contributed by atoms with Gasteiger partial charge in [-0.15, -0.1) is 0 Å². The number of anilines is 1. The lowest BCUT2D eigenvalue weighted by Crippen LogP contribution is -2.24. The van der Waals surface area contributed by atoms with Crippen molar-refractivity contribution in [2.24, 2.45) is 0 Å². The number of nitro groups is 1. The number of nitrogen functional groups attached to an aromatic ring is 1. The van der Waals surface area contributed by atoms with Gasteiger partial charge in [0.2, 0.25) is 6.39 Å². The number of non-ortho nitro benzene ring substituents is 1. The molecule has 0 atom stereocenters. The normalized spacial score (nSPS) is 10.1. The summed E-state index contributed by atoms with van der Waals surface area (Å²) in [6.07, 6.45) is 1.13. The van der Waals surface area contributed by atoms with Crippen molar-refractivity contribution < 1.29 is 14.2 Å². The molecule has 9 nitrogen and oxygen atoms in total. The number of nitrogens with two attached hydrogens (primary N) is 1. The summed E-state index contributed by atoms with van der Waals surface area (Å²) in [7, 11) is 0. The number of carbonyl (C=O) groups excluding carboxylic acids is 1. The molecule has 0 saturated carbocycles. The van der Waals surface area contributed by atoms with Crippen molar-refractivity contribution in [1.29, 1.82) is 0 Å². The molecule has 0 spiro atoms. The number of hydrogen-bond donors (Lipinski definition) is 2. The predicted molar refractivity (Wildman–Crippen MR) is 63.0 cm³/mol. The van der Waals surface area contributed by atoms with E-state index in [1.54, 1.807) is 0 Å². The van der Waals surface area contributed by atoms with E-state index in [0.717, 1.165) is 12.5 Å². The minimum absolute atomic E-state index is 0.0256. The molecule has 0 aliphatic carbocycles. The van der Waals surface area contributed by atoms with Gasteiger partial charge in [0.25, 0.3) is 11.6 Å². The molecule has 98 valence electrons. The van der Waals surface area contributed by atoms with Gasteiger partial charge in [-0.05, 0) is 6.07 Å². The Morgan fingerprint density at radius 3 is 2.95 bits per heavy atom. The minimum Gasteiger partial charge on any atom is -0.398 e. The van der Waals surface area contributed by atoms with Crippen LogP contribution in [0.3, 0.4) is 0 Å². The van der Waals surface area contributed by atoms with Gasteiger partial charge in [0.05, 0.1) is 17.0 Å². The van der Waals surface area contributed by atoms with Gasteiger partial charge in [0, 0.05) is 17.8 Å². The number of amides is 1. The Kier molecular flexibility index (Phi) is 3.37. The zero-order valence-corrected chi connectivity index (χ0v) is 9.57. The van der Waals surface area contributed by atoms with Crippen LogP contribution in [0.15, 0.2) is 29.1 Å². The number of aromatic nitrogens is 2.